The first kappa shape index (κ1) is 21.4. The molecule has 1 aliphatic heterocycles. The molecule has 0 aromatic rings. The zero-order valence-corrected chi connectivity index (χ0v) is 17.3. The fraction of sp³-hybridized carbons (Fsp3) is 0.875. The number of hydrogen-bond acceptors (Lipinski definition) is 4. The highest BCUT2D eigenvalue weighted by molar-refractivity contribution is 14.0. The second-order valence-corrected chi connectivity index (χ2v) is 6.45. The number of morpholine rings is 1. The number of amides is 1. The summed E-state index contributed by atoms with van der Waals surface area (Å²) in [4.78, 5) is 20.2. The molecule has 2 rings (SSSR count). The smallest absolute Gasteiger partial charge is 0.243 e. The molecule has 1 N–H and O–H groups in total. The number of carbonyl (C=O) groups excluding carboxylic acids is 1. The Labute approximate surface area is 162 Å². The van der Waals surface area contributed by atoms with Gasteiger partial charge >= 0.3 is 0 Å². The predicted octanol–water partition coefficient (Wildman–Crippen LogP) is 0.928. The van der Waals surface area contributed by atoms with E-state index in [-0.39, 0.29) is 42.5 Å². The second kappa shape index (κ2) is 11.1. The maximum Gasteiger partial charge on any atom is 0.243 e. The Morgan fingerprint density at radius 2 is 2.08 bits per heavy atom. The summed E-state index contributed by atoms with van der Waals surface area (Å²) in [7, 11) is 5.19. The molecule has 0 aromatic carbocycles. The molecule has 7 nitrogen and oxygen atoms in total. The van der Waals surface area contributed by atoms with E-state index in [1.54, 1.807) is 26.1 Å². The molecule has 140 valence electrons. The van der Waals surface area contributed by atoms with E-state index >= 15 is 0 Å². The van der Waals surface area contributed by atoms with Crippen molar-refractivity contribution >= 4 is 35.8 Å². The van der Waals surface area contributed by atoms with Crippen molar-refractivity contribution < 1.29 is 14.3 Å². The number of likely N-dealkylation sites (N-methyl/N-ethyl adjacent to an activating group) is 1. The summed E-state index contributed by atoms with van der Waals surface area (Å²) in [5.41, 5.74) is 0. The standard InChI is InChI=1S/C16H30N4O3.HI/c1-19(2)15(21)10-17-16(18-13-6-4-5-7-13)20-8-9-23-14(11-20)12-22-3;/h13-14H,4-12H2,1-3H3,(H,17,18);1H. The third-order valence-corrected chi connectivity index (χ3v) is 4.34. The second-order valence-electron chi connectivity index (χ2n) is 6.45. The van der Waals surface area contributed by atoms with Crippen LogP contribution in [0.5, 0.6) is 0 Å². The Bertz CT molecular complexity index is 412. The van der Waals surface area contributed by atoms with Gasteiger partial charge in [-0.3, -0.25) is 4.79 Å². The van der Waals surface area contributed by atoms with E-state index in [2.05, 4.69) is 15.2 Å². The van der Waals surface area contributed by atoms with E-state index in [0.29, 0.717) is 19.3 Å². The highest BCUT2D eigenvalue weighted by Gasteiger charge is 2.25. The Hall–Kier alpha value is -0.610. The topological polar surface area (TPSA) is 66.4 Å². The molecular weight excluding hydrogens is 423 g/mol. The highest BCUT2D eigenvalue weighted by Crippen LogP contribution is 2.18. The summed E-state index contributed by atoms with van der Waals surface area (Å²) in [6.45, 7) is 2.93. The number of guanidine groups is 1. The number of methoxy groups -OCH3 is 1. The van der Waals surface area contributed by atoms with Gasteiger partial charge in [-0.15, -0.1) is 24.0 Å². The first-order valence-corrected chi connectivity index (χ1v) is 8.46. The molecule has 1 saturated heterocycles. The first-order valence-electron chi connectivity index (χ1n) is 8.46. The molecule has 1 atom stereocenters. The maximum atomic E-state index is 11.9. The fourth-order valence-electron chi connectivity index (χ4n) is 2.97. The molecule has 24 heavy (non-hydrogen) atoms. The molecule has 1 saturated carbocycles. The van der Waals surface area contributed by atoms with Gasteiger partial charge in [0.05, 0.1) is 19.3 Å². The van der Waals surface area contributed by atoms with E-state index in [1.165, 1.54) is 25.7 Å². The van der Waals surface area contributed by atoms with Gasteiger partial charge in [-0.1, -0.05) is 12.8 Å². The molecule has 0 bridgehead atoms. The van der Waals surface area contributed by atoms with Crippen molar-refractivity contribution in [1.29, 1.82) is 0 Å². The van der Waals surface area contributed by atoms with Gasteiger partial charge in [0.15, 0.2) is 5.96 Å². The summed E-state index contributed by atoms with van der Waals surface area (Å²) >= 11 is 0. The van der Waals surface area contributed by atoms with Crippen LogP contribution in [0.4, 0.5) is 0 Å². The lowest BCUT2D eigenvalue weighted by atomic mass is 10.2. The van der Waals surface area contributed by atoms with Crippen LogP contribution in [0.2, 0.25) is 0 Å². The summed E-state index contributed by atoms with van der Waals surface area (Å²) in [5, 5.41) is 3.55. The lowest BCUT2D eigenvalue weighted by Gasteiger charge is -2.36. The van der Waals surface area contributed by atoms with Crippen molar-refractivity contribution in [1.82, 2.24) is 15.1 Å². The third kappa shape index (κ3) is 6.72. The molecule has 2 fully saturated rings. The van der Waals surface area contributed by atoms with Crippen molar-refractivity contribution in [3.63, 3.8) is 0 Å². The van der Waals surface area contributed by atoms with E-state index in [1.807, 2.05) is 0 Å². The number of ether oxygens (including phenoxy) is 2. The average Bonchev–Trinajstić information content (AvgIpc) is 3.04. The molecule has 0 radical (unpaired) electrons. The van der Waals surface area contributed by atoms with Gasteiger partial charge in [-0.25, -0.2) is 4.99 Å². The summed E-state index contributed by atoms with van der Waals surface area (Å²) in [6.07, 6.45) is 4.92. The quantitative estimate of drug-likeness (QED) is 0.381. The van der Waals surface area contributed by atoms with Crippen LogP contribution < -0.4 is 5.32 Å². The maximum absolute atomic E-state index is 11.9. The minimum atomic E-state index is 0. The number of aliphatic imine (C=N–C) groups is 1. The number of halogens is 1. The normalized spacial score (nSPS) is 22.2. The van der Waals surface area contributed by atoms with Crippen LogP contribution in [0.1, 0.15) is 25.7 Å². The van der Waals surface area contributed by atoms with Crippen LogP contribution in [0.25, 0.3) is 0 Å². The van der Waals surface area contributed by atoms with Crippen LogP contribution in [0.15, 0.2) is 4.99 Å². The van der Waals surface area contributed by atoms with Crippen molar-refractivity contribution in [2.75, 3.05) is 54.1 Å². The van der Waals surface area contributed by atoms with Crippen LogP contribution in [0.3, 0.4) is 0 Å². The van der Waals surface area contributed by atoms with Gasteiger partial charge in [-0.05, 0) is 12.8 Å². The molecule has 8 heteroatoms. The highest BCUT2D eigenvalue weighted by atomic mass is 127. The van der Waals surface area contributed by atoms with E-state index in [4.69, 9.17) is 9.47 Å². The van der Waals surface area contributed by atoms with Crippen molar-refractivity contribution in [3.05, 3.63) is 0 Å². The average molecular weight is 454 g/mol. The molecule has 1 amide bonds. The van der Waals surface area contributed by atoms with Gasteiger partial charge in [-0.2, -0.15) is 0 Å². The Kier molecular flexibility index (Phi) is 9.91. The first-order chi connectivity index (χ1) is 11.1. The molecule has 0 aromatic heterocycles. The molecular formula is C16H31IN4O3. The Balaban J connectivity index is 0.00000288. The monoisotopic (exact) mass is 454 g/mol. The minimum Gasteiger partial charge on any atom is -0.382 e. The predicted molar refractivity (Wildman–Crippen MR) is 105 cm³/mol. The van der Waals surface area contributed by atoms with Crippen LogP contribution in [0, 0.1) is 0 Å². The van der Waals surface area contributed by atoms with Crippen molar-refractivity contribution in [2.45, 2.75) is 37.8 Å². The van der Waals surface area contributed by atoms with E-state index in [0.717, 1.165) is 19.0 Å². The van der Waals surface area contributed by atoms with Crippen molar-refractivity contribution in [3.8, 4) is 0 Å². The third-order valence-electron chi connectivity index (χ3n) is 4.34. The van der Waals surface area contributed by atoms with Crippen LogP contribution in [-0.4, -0.2) is 87.9 Å². The lowest BCUT2D eigenvalue weighted by molar-refractivity contribution is -0.127. The minimum absolute atomic E-state index is 0. The van der Waals surface area contributed by atoms with Crippen LogP contribution in [-0.2, 0) is 14.3 Å². The van der Waals surface area contributed by atoms with E-state index < -0.39 is 0 Å². The number of hydrogen-bond donors (Lipinski definition) is 1. The number of nitrogens with one attached hydrogen (secondary N) is 1. The molecule has 0 spiro atoms. The van der Waals surface area contributed by atoms with Gasteiger partial charge in [0.25, 0.3) is 0 Å². The SMILES string of the molecule is COCC1CN(C(=NCC(=O)N(C)C)NC2CCCC2)CCO1.I. The number of carbonyl (C=O) groups is 1. The summed E-state index contributed by atoms with van der Waals surface area (Å²) in [6, 6.07) is 0.465. The van der Waals surface area contributed by atoms with Gasteiger partial charge in [0.2, 0.25) is 5.91 Å². The Morgan fingerprint density at radius 3 is 2.71 bits per heavy atom. The molecule has 2 aliphatic rings. The number of rotatable bonds is 5. The van der Waals surface area contributed by atoms with Crippen LogP contribution >= 0.6 is 24.0 Å². The molecule has 1 aliphatic carbocycles. The zero-order valence-electron chi connectivity index (χ0n) is 15.0. The summed E-state index contributed by atoms with van der Waals surface area (Å²) in [5.74, 6) is 0.842. The molecule has 1 heterocycles. The van der Waals surface area contributed by atoms with E-state index in [9.17, 15) is 4.79 Å². The van der Waals surface area contributed by atoms with Gasteiger partial charge < -0.3 is 24.6 Å². The fourth-order valence-corrected chi connectivity index (χ4v) is 2.97. The lowest BCUT2D eigenvalue weighted by Crippen LogP contribution is -2.53. The largest absolute Gasteiger partial charge is 0.382 e. The summed E-state index contributed by atoms with van der Waals surface area (Å²) < 4.78 is 10.9. The van der Waals surface area contributed by atoms with Gasteiger partial charge in [0.1, 0.15) is 6.54 Å². The zero-order chi connectivity index (χ0) is 16.7. The number of nitrogens with zero attached hydrogens (tertiary/aromatic N) is 3. The van der Waals surface area contributed by atoms with Gasteiger partial charge in [0, 0.05) is 40.3 Å². The Morgan fingerprint density at radius 1 is 1.38 bits per heavy atom. The van der Waals surface area contributed by atoms with Crippen molar-refractivity contribution in [2.24, 2.45) is 4.99 Å². The molecule has 1 unspecified atom stereocenters.